The fourth-order valence-electron chi connectivity index (χ4n) is 2.86. The third kappa shape index (κ3) is 3.73. The highest BCUT2D eigenvalue weighted by molar-refractivity contribution is 6.18. The molecule has 1 aliphatic carbocycles. The molecule has 1 aromatic carbocycles. The van der Waals surface area contributed by atoms with Crippen LogP contribution in [-0.2, 0) is 0 Å². The number of nitro groups is 1. The number of carbonyl (C=O) groups excluding carboxylic acids is 1. The molecule has 0 heterocycles. The first-order valence-electron chi connectivity index (χ1n) is 7.12. The highest BCUT2D eigenvalue weighted by Crippen LogP contribution is 2.32. The van der Waals surface area contributed by atoms with E-state index >= 15 is 0 Å². The molecule has 2 atom stereocenters. The number of halogens is 1. The number of hydrogen-bond donors (Lipinski definition) is 1. The van der Waals surface area contributed by atoms with Crippen LogP contribution in [0.2, 0.25) is 0 Å². The van der Waals surface area contributed by atoms with Gasteiger partial charge in [0.05, 0.1) is 4.92 Å². The average molecular weight is 311 g/mol. The van der Waals surface area contributed by atoms with Gasteiger partial charge in [-0.2, -0.15) is 0 Å². The topological polar surface area (TPSA) is 72.2 Å². The maximum absolute atomic E-state index is 12.1. The van der Waals surface area contributed by atoms with Crippen LogP contribution in [0.15, 0.2) is 18.2 Å². The smallest absolute Gasteiger partial charge is 0.273 e. The first-order valence-corrected chi connectivity index (χ1v) is 7.65. The van der Waals surface area contributed by atoms with E-state index in [0.717, 1.165) is 19.3 Å². The Labute approximate surface area is 128 Å². The molecule has 1 saturated carbocycles. The van der Waals surface area contributed by atoms with Crippen molar-refractivity contribution < 1.29 is 9.72 Å². The summed E-state index contributed by atoms with van der Waals surface area (Å²) in [7, 11) is 0. The summed E-state index contributed by atoms with van der Waals surface area (Å²) in [4.78, 5) is 22.6. The number of rotatable bonds is 5. The lowest BCUT2D eigenvalue weighted by atomic mass is 9.98. The Bertz CT molecular complexity index is 548. The lowest BCUT2D eigenvalue weighted by Crippen LogP contribution is -2.31. The predicted molar refractivity (Wildman–Crippen MR) is 81.7 cm³/mol. The molecule has 1 aliphatic rings. The molecule has 0 bridgehead atoms. The summed E-state index contributed by atoms with van der Waals surface area (Å²) in [5, 5.41) is 13.8. The number of benzene rings is 1. The number of hydrogen-bond acceptors (Lipinski definition) is 3. The normalized spacial score (nSPS) is 21.2. The van der Waals surface area contributed by atoms with Crippen molar-refractivity contribution in [2.24, 2.45) is 11.8 Å². The number of nitrogens with one attached hydrogen (secondary N) is 1. The zero-order chi connectivity index (χ0) is 15.4. The summed E-state index contributed by atoms with van der Waals surface area (Å²) in [6, 6.07) is 4.55. The Kier molecular flexibility index (Phi) is 5.17. The molecule has 0 spiro atoms. The van der Waals surface area contributed by atoms with Crippen molar-refractivity contribution in [1.82, 2.24) is 5.32 Å². The Morgan fingerprint density at radius 3 is 2.81 bits per heavy atom. The summed E-state index contributed by atoms with van der Waals surface area (Å²) in [5.74, 6) is 1.22. The monoisotopic (exact) mass is 310 g/mol. The average Bonchev–Trinajstić information content (AvgIpc) is 2.92. The van der Waals surface area contributed by atoms with Crippen LogP contribution in [0.3, 0.4) is 0 Å². The maximum atomic E-state index is 12.1. The van der Waals surface area contributed by atoms with Crippen molar-refractivity contribution in [3.63, 3.8) is 0 Å². The van der Waals surface area contributed by atoms with E-state index < -0.39 is 4.92 Å². The highest BCUT2D eigenvalue weighted by atomic mass is 35.5. The molecule has 0 aliphatic heterocycles. The molecule has 0 saturated heterocycles. The van der Waals surface area contributed by atoms with Crippen molar-refractivity contribution in [1.29, 1.82) is 0 Å². The van der Waals surface area contributed by atoms with Gasteiger partial charge in [0, 0.05) is 29.6 Å². The van der Waals surface area contributed by atoms with Gasteiger partial charge in [-0.3, -0.25) is 14.9 Å². The number of nitrogens with zero attached hydrogens (tertiary/aromatic N) is 1. The van der Waals surface area contributed by atoms with Gasteiger partial charge in [0.25, 0.3) is 11.6 Å². The van der Waals surface area contributed by atoms with Gasteiger partial charge in [-0.15, -0.1) is 11.6 Å². The van der Waals surface area contributed by atoms with Crippen LogP contribution in [0, 0.1) is 28.9 Å². The summed E-state index contributed by atoms with van der Waals surface area (Å²) >= 11 is 5.92. The largest absolute Gasteiger partial charge is 0.352 e. The fraction of sp³-hybridized carbons (Fsp3) is 0.533. The zero-order valence-corrected chi connectivity index (χ0v) is 12.7. The molecule has 2 rings (SSSR count). The summed E-state index contributed by atoms with van der Waals surface area (Å²) < 4.78 is 0. The molecule has 1 fully saturated rings. The van der Waals surface area contributed by atoms with Gasteiger partial charge in [-0.05, 0) is 37.7 Å². The van der Waals surface area contributed by atoms with Crippen LogP contribution in [0.4, 0.5) is 5.69 Å². The third-order valence-electron chi connectivity index (χ3n) is 4.21. The number of aryl methyl sites for hydroxylation is 1. The maximum Gasteiger partial charge on any atom is 0.273 e. The number of amides is 1. The Balaban J connectivity index is 2.00. The lowest BCUT2D eigenvalue weighted by Gasteiger charge is -2.17. The molecular weight excluding hydrogens is 292 g/mol. The summed E-state index contributed by atoms with van der Waals surface area (Å²) in [6.07, 6.45) is 3.33. The molecule has 5 nitrogen and oxygen atoms in total. The van der Waals surface area contributed by atoms with Gasteiger partial charge in [-0.1, -0.05) is 12.5 Å². The van der Waals surface area contributed by atoms with Gasteiger partial charge in [-0.25, -0.2) is 0 Å². The number of nitro benzene ring substituents is 1. The van der Waals surface area contributed by atoms with Gasteiger partial charge in [0.1, 0.15) is 0 Å². The molecule has 0 aromatic heterocycles. The first kappa shape index (κ1) is 15.8. The minimum absolute atomic E-state index is 0.0258. The Morgan fingerprint density at radius 2 is 2.14 bits per heavy atom. The van der Waals surface area contributed by atoms with Crippen LogP contribution < -0.4 is 5.32 Å². The van der Waals surface area contributed by atoms with Crippen molar-refractivity contribution in [2.45, 2.75) is 26.2 Å². The van der Waals surface area contributed by atoms with E-state index in [1.807, 2.05) is 0 Å². The molecule has 114 valence electrons. The summed E-state index contributed by atoms with van der Waals surface area (Å²) in [5.41, 5.74) is 0.851. The number of carbonyl (C=O) groups is 1. The predicted octanol–water partition coefficient (Wildman–Crippen LogP) is 3.29. The number of alkyl halides is 1. The second-order valence-electron chi connectivity index (χ2n) is 5.57. The van der Waals surface area contributed by atoms with E-state index in [1.54, 1.807) is 19.1 Å². The van der Waals surface area contributed by atoms with Crippen LogP contribution in [-0.4, -0.2) is 23.3 Å². The molecule has 1 amide bonds. The minimum atomic E-state index is -0.466. The fourth-order valence-corrected chi connectivity index (χ4v) is 3.26. The Morgan fingerprint density at radius 1 is 1.43 bits per heavy atom. The quantitative estimate of drug-likeness (QED) is 0.515. The molecular formula is C15H19ClN2O3. The van der Waals surface area contributed by atoms with Crippen molar-refractivity contribution in [2.75, 3.05) is 12.4 Å². The van der Waals surface area contributed by atoms with E-state index in [4.69, 9.17) is 11.6 Å². The van der Waals surface area contributed by atoms with Crippen molar-refractivity contribution >= 4 is 23.2 Å². The zero-order valence-electron chi connectivity index (χ0n) is 12.0. The summed E-state index contributed by atoms with van der Waals surface area (Å²) in [6.45, 7) is 2.24. The second-order valence-corrected chi connectivity index (χ2v) is 5.88. The minimum Gasteiger partial charge on any atom is -0.352 e. The van der Waals surface area contributed by atoms with Crippen LogP contribution >= 0.6 is 11.6 Å². The molecule has 1 N–H and O–H groups in total. The van der Waals surface area contributed by atoms with Crippen molar-refractivity contribution in [3.8, 4) is 0 Å². The standard InChI is InChI=1S/C15H19ClN2O3/c1-10-5-6-11(7-14(10)18(20)21)15(19)17-9-13-4-2-3-12(13)8-16/h5-7,12-13H,2-4,8-9H2,1H3,(H,17,19). The Hall–Kier alpha value is -1.62. The SMILES string of the molecule is Cc1ccc(C(=O)NCC2CCCC2CCl)cc1[N+](=O)[O-]. The second kappa shape index (κ2) is 6.89. The van der Waals surface area contributed by atoms with Crippen LogP contribution in [0.5, 0.6) is 0 Å². The third-order valence-corrected chi connectivity index (χ3v) is 4.60. The molecule has 0 radical (unpaired) electrons. The molecule has 1 aromatic rings. The van der Waals surface area contributed by atoms with E-state index in [-0.39, 0.29) is 11.6 Å². The van der Waals surface area contributed by atoms with Gasteiger partial charge in [0.2, 0.25) is 0 Å². The van der Waals surface area contributed by atoms with Crippen LogP contribution in [0.25, 0.3) is 0 Å². The van der Waals surface area contributed by atoms with E-state index in [0.29, 0.717) is 35.4 Å². The molecule has 2 unspecified atom stereocenters. The molecule has 21 heavy (non-hydrogen) atoms. The van der Waals surface area contributed by atoms with Gasteiger partial charge < -0.3 is 5.32 Å². The van der Waals surface area contributed by atoms with Gasteiger partial charge in [0.15, 0.2) is 0 Å². The van der Waals surface area contributed by atoms with Crippen molar-refractivity contribution in [3.05, 3.63) is 39.4 Å². The van der Waals surface area contributed by atoms with Gasteiger partial charge >= 0.3 is 0 Å². The highest BCUT2D eigenvalue weighted by Gasteiger charge is 2.26. The first-order chi connectivity index (χ1) is 10.0. The van der Waals surface area contributed by atoms with E-state index in [9.17, 15) is 14.9 Å². The molecule has 6 heteroatoms. The van der Waals surface area contributed by atoms with E-state index in [1.165, 1.54) is 6.07 Å². The van der Waals surface area contributed by atoms with Crippen LogP contribution in [0.1, 0.15) is 35.2 Å². The van der Waals surface area contributed by atoms with E-state index in [2.05, 4.69) is 5.32 Å². The lowest BCUT2D eigenvalue weighted by molar-refractivity contribution is -0.385.